The van der Waals surface area contributed by atoms with Gasteiger partial charge in [0.2, 0.25) is 0 Å². The standard InChI is InChI=1S/C13H18O2S/c1-11(8-9-15-2)13(14)10-16-12-6-4-3-5-7-12/h3-7,11H,8-10H2,1-2H3. The highest BCUT2D eigenvalue weighted by Gasteiger charge is 2.12. The number of Topliss-reactive ketones (excluding diaryl/α,β-unsaturated/α-hetero) is 1. The van der Waals surface area contributed by atoms with E-state index >= 15 is 0 Å². The summed E-state index contributed by atoms with van der Waals surface area (Å²) in [5.74, 6) is 0.941. The highest BCUT2D eigenvalue weighted by Crippen LogP contribution is 2.19. The summed E-state index contributed by atoms with van der Waals surface area (Å²) < 4.78 is 4.97. The number of methoxy groups -OCH3 is 1. The maximum absolute atomic E-state index is 11.7. The van der Waals surface area contributed by atoms with Crippen LogP contribution in [0.4, 0.5) is 0 Å². The molecule has 0 aliphatic carbocycles. The minimum absolute atomic E-state index is 0.0937. The minimum atomic E-state index is 0.0937. The summed E-state index contributed by atoms with van der Waals surface area (Å²) >= 11 is 1.60. The van der Waals surface area contributed by atoms with Crippen molar-refractivity contribution in [3.05, 3.63) is 30.3 Å². The van der Waals surface area contributed by atoms with Crippen molar-refractivity contribution in [3.8, 4) is 0 Å². The molecule has 0 spiro atoms. The summed E-state index contributed by atoms with van der Waals surface area (Å²) in [4.78, 5) is 12.9. The lowest BCUT2D eigenvalue weighted by Crippen LogP contribution is -2.15. The van der Waals surface area contributed by atoms with Gasteiger partial charge in [-0.15, -0.1) is 11.8 Å². The van der Waals surface area contributed by atoms with Gasteiger partial charge in [-0.1, -0.05) is 25.1 Å². The molecule has 0 aliphatic heterocycles. The van der Waals surface area contributed by atoms with Crippen LogP contribution in [-0.2, 0) is 9.53 Å². The molecule has 0 saturated heterocycles. The molecule has 0 aliphatic rings. The van der Waals surface area contributed by atoms with E-state index in [1.165, 1.54) is 0 Å². The molecule has 0 radical (unpaired) electrons. The maximum Gasteiger partial charge on any atom is 0.145 e. The van der Waals surface area contributed by atoms with E-state index in [-0.39, 0.29) is 5.92 Å². The number of ether oxygens (including phenoxy) is 1. The van der Waals surface area contributed by atoms with Crippen LogP contribution in [0.1, 0.15) is 13.3 Å². The van der Waals surface area contributed by atoms with Gasteiger partial charge in [0.05, 0.1) is 5.75 Å². The van der Waals surface area contributed by atoms with E-state index in [9.17, 15) is 4.79 Å². The second-order valence-corrected chi connectivity index (χ2v) is 4.80. The number of hydrogen-bond acceptors (Lipinski definition) is 3. The number of rotatable bonds is 7. The van der Waals surface area contributed by atoms with Crippen molar-refractivity contribution in [1.29, 1.82) is 0 Å². The highest BCUT2D eigenvalue weighted by atomic mass is 32.2. The van der Waals surface area contributed by atoms with E-state index in [4.69, 9.17) is 4.74 Å². The van der Waals surface area contributed by atoms with Crippen LogP contribution in [-0.4, -0.2) is 25.3 Å². The molecule has 1 rings (SSSR count). The van der Waals surface area contributed by atoms with Gasteiger partial charge in [-0.05, 0) is 18.6 Å². The number of thioether (sulfide) groups is 1. The Bertz CT molecular complexity index is 311. The quantitative estimate of drug-likeness (QED) is 0.683. The SMILES string of the molecule is COCCC(C)C(=O)CSc1ccccc1. The van der Waals surface area contributed by atoms with Gasteiger partial charge in [-0.2, -0.15) is 0 Å². The van der Waals surface area contributed by atoms with Crippen LogP contribution in [0.5, 0.6) is 0 Å². The molecule has 0 saturated carbocycles. The number of benzene rings is 1. The second-order valence-electron chi connectivity index (χ2n) is 3.75. The van der Waals surface area contributed by atoms with Crippen LogP contribution >= 0.6 is 11.8 Å². The summed E-state index contributed by atoms with van der Waals surface area (Å²) in [5.41, 5.74) is 0. The van der Waals surface area contributed by atoms with Crippen molar-refractivity contribution < 1.29 is 9.53 Å². The molecule has 3 heteroatoms. The van der Waals surface area contributed by atoms with Gasteiger partial charge in [0, 0.05) is 24.5 Å². The van der Waals surface area contributed by atoms with Crippen LogP contribution in [0.3, 0.4) is 0 Å². The van der Waals surface area contributed by atoms with Crippen LogP contribution in [0.2, 0.25) is 0 Å². The first kappa shape index (κ1) is 13.3. The Labute approximate surface area is 101 Å². The van der Waals surface area contributed by atoms with Crippen molar-refractivity contribution in [3.63, 3.8) is 0 Å². The zero-order chi connectivity index (χ0) is 11.8. The molecule has 0 bridgehead atoms. The number of hydrogen-bond donors (Lipinski definition) is 0. The third-order valence-electron chi connectivity index (χ3n) is 2.43. The predicted molar refractivity (Wildman–Crippen MR) is 67.8 cm³/mol. The van der Waals surface area contributed by atoms with Crippen molar-refractivity contribution in [1.82, 2.24) is 0 Å². The molecule has 0 amide bonds. The van der Waals surface area contributed by atoms with Gasteiger partial charge in [0.1, 0.15) is 5.78 Å². The Morgan fingerprint density at radius 3 is 2.69 bits per heavy atom. The van der Waals surface area contributed by atoms with Gasteiger partial charge < -0.3 is 4.74 Å². The Hall–Kier alpha value is -0.800. The summed E-state index contributed by atoms with van der Waals surface area (Å²) in [6, 6.07) is 10.0. The Morgan fingerprint density at radius 1 is 1.38 bits per heavy atom. The number of carbonyl (C=O) groups excluding carboxylic acids is 1. The third-order valence-corrected chi connectivity index (χ3v) is 3.46. The largest absolute Gasteiger partial charge is 0.385 e. The fourth-order valence-corrected chi connectivity index (χ4v) is 2.21. The molecule has 16 heavy (non-hydrogen) atoms. The average molecular weight is 238 g/mol. The molecule has 88 valence electrons. The molecule has 1 aromatic carbocycles. The molecule has 1 unspecified atom stereocenters. The second kappa shape index (κ2) is 7.47. The Kier molecular flexibility index (Phi) is 6.19. The molecule has 2 nitrogen and oxygen atoms in total. The van der Waals surface area contributed by atoms with Crippen molar-refractivity contribution >= 4 is 17.5 Å². The predicted octanol–water partition coefficient (Wildman–Crippen LogP) is 3.02. The van der Waals surface area contributed by atoms with E-state index in [2.05, 4.69) is 0 Å². The van der Waals surface area contributed by atoms with E-state index in [0.717, 1.165) is 11.3 Å². The normalized spacial score (nSPS) is 12.4. The molecule has 1 atom stereocenters. The molecular weight excluding hydrogens is 220 g/mol. The smallest absolute Gasteiger partial charge is 0.145 e. The summed E-state index contributed by atoms with van der Waals surface area (Å²) in [7, 11) is 1.66. The van der Waals surface area contributed by atoms with Crippen LogP contribution in [0.25, 0.3) is 0 Å². The molecule has 0 heterocycles. The van der Waals surface area contributed by atoms with Crippen molar-refractivity contribution in [2.75, 3.05) is 19.5 Å². The van der Waals surface area contributed by atoms with E-state index in [0.29, 0.717) is 18.1 Å². The van der Waals surface area contributed by atoms with E-state index < -0.39 is 0 Å². The Balaban J connectivity index is 2.29. The maximum atomic E-state index is 11.7. The number of carbonyl (C=O) groups is 1. The van der Waals surface area contributed by atoms with Crippen molar-refractivity contribution in [2.45, 2.75) is 18.2 Å². The third kappa shape index (κ3) is 4.81. The van der Waals surface area contributed by atoms with Gasteiger partial charge in [0.15, 0.2) is 0 Å². The molecule has 0 N–H and O–H groups in total. The fourth-order valence-electron chi connectivity index (χ4n) is 1.27. The van der Waals surface area contributed by atoms with Crippen LogP contribution in [0, 0.1) is 5.92 Å². The summed E-state index contributed by atoms with van der Waals surface area (Å²) in [6.45, 7) is 2.62. The highest BCUT2D eigenvalue weighted by molar-refractivity contribution is 8.00. The monoisotopic (exact) mass is 238 g/mol. The van der Waals surface area contributed by atoms with Gasteiger partial charge >= 0.3 is 0 Å². The first-order valence-electron chi connectivity index (χ1n) is 5.43. The van der Waals surface area contributed by atoms with Gasteiger partial charge in [-0.3, -0.25) is 4.79 Å². The summed E-state index contributed by atoms with van der Waals surface area (Å²) in [6.07, 6.45) is 0.810. The zero-order valence-corrected chi connectivity index (χ0v) is 10.6. The lowest BCUT2D eigenvalue weighted by Gasteiger charge is -2.09. The van der Waals surface area contributed by atoms with Gasteiger partial charge in [0.25, 0.3) is 0 Å². The van der Waals surface area contributed by atoms with Gasteiger partial charge in [-0.25, -0.2) is 0 Å². The fraction of sp³-hybridized carbons (Fsp3) is 0.462. The topological polar surface area (TPSA) is 26.3 Å². The van der Waals surface area contributed by atoms with Crippen molar-refractivity contribution in [2.24, 2.45) is 5.92 Å². The van der Waals surface area contributed by atoms with Crippen LogP contribution < -0.4 is 0 Å². The summed E-state index contributed by atoms with van der Waals surface area (Å²) in [5, 5.41) is 0. The average Bonchev–Trinajstić information content (AvgIpc) is 2.34. The Morgan fingerprint density at radius 2 is 2.06 bits per heavy atom. The molecule has 0 aromatic heterocycles. The molecular formula is C13H18O2S. The van der Waals surface area contributed by atoms with E-state index in [1.807, 2.05) is 37.3 Å². The minimum Gasteiger partial charge on any atom is -0.385 e. The first-order chi connectivity index (χ1) is 7.74. The number of ketones is 1. The van der Waals surface area contributed by atoms with E-state index in [1.54, 1.807) is 18.9 Å². The molecule has 1 aromatic rings. The molecule has 0 fully saturated rings. The van der Waals surface area contributed by atoms with Crippen LogP contribution in [0.15, 0.2) is 35.2 Å². The lowest BCUT2D eigenvalue weighted by molar-refractivity contribution is -0.120. The zero-order valence-electron chi connectivity index (χ0n) is 9.81. The first-order valence-corrected chi connectivity index (χ1v) is 6.42. The lowest BCUT2D eigenvalue weighted by atomic mass is 10.1.